The average molecular weight is 321 g/mol. The minimum absolute atomic E-state index is 0.212. The van der Waals surface area contributed by atoms with Gasteiger partial charge in [-0.2, -0.15) is 0 Å². The van der Waals surface area contributed by atoms with Crippen LogP contribution in [-0.4, -0.2) is 36.2 Å². The summed E-state index contributed by atoms with van der Waals surface area (Å²) in [6.07, 6.45) is 3.58. The highest BCUT2D eigenvalue weighted by molar-refractivity contribution is 7.15. The number of carbonyl (C=O) groups is 2. The molecule has 1 aromatic heterocycles. The fourth-order valence-corrected chi connectivity index (χ4v) is 3.03. The molecule has 0 radical (unpaired) electrons. The van der Waals surface area contributed by atoms with Crippen LogP contribution in [0.15, 0.2) is 16.6 Å². The van der Waals surface area contributed by atoms with E-state index in [1.165, 1.54) is 16.4 Å². The summed E-state index contributed by atoms with van der Waals surface area (Å²) < 4.78 is 0. The maximum atomic E-state index is 12.6. The lowest BCUT2D eigenvalue weighted by Gasteiger charge is -2.21. The SMILES string of the molecule is CCCN(OCC)C(=O)C1=Cc2sc(C=O)cc2N=C(N)C1. The number of nitrogens with two attached hydrogens (primary N) is 1. The first-order chi connectivity index (χ1) is 10.6. The number of hydroxylamine groups is 2. The molecule has 0 bridgehead atoms. The molecule has 0 aliphatic carbocycles. The molecular formula is C15H19N3O3S. The summed E-state index contributed by atoms with van der Waals surface area (Å²) in [5.74, 6) is 0.136. The van der Waals surface area contributed by atoms with E-state index < -0.39 is 0 Å². The fraction of sp³-hybridized carbons (Fsp3) is 0.400. The van der Waals surface area contributed by atoms with Crippen LogP contribution in [0.25, 0.3) is 6.08 Å². The highest BCUT2D eigenvalue weighted by Crippen LogP contribution is 2.34. The number of thiophene rings is 1. The van der Waals surface area contributed by atoms with Crippen LogP contribution in [0, 0.1) is 0 Å². The standard InChI is InChI=1S/C15H19N3O3S/c1-3-5-18(21-4-2)15(20)10-6-13-12(17-14(16)7-10)8-11(9-19)22-13/h6,8-9H,3-5,7H2,1-2H3,(H2,16,17). The molecule has 1 amide bonds. The van der Waals surface area contributed by atoms with Crippen molar-refractivity contribution in [3.05, 3.63) is 21.4 Å². The van der Waals surface area contributed by atoms with Crippen LogP contribution in [0.2, 0.25) is 0 Å². The van der Waals surface area contributed by atoms with Crippen molar-refractivity contribution in [3.8, 4) is 0 Å². The van der Waals surface area contributed by atoms with Crippen LogP contribution in [0.1, 0.15) is 41.2 Å². The van der Waals surface area contributed by atoms with Crippen molar-refractivity contribution in [2.45, 2.75) is 26.7 Å². The van der Waals surface area contributed by atoms with Crippen molar-refractivity contribution in [2.24, 2.45) is 10.7 Å². The summed E-state index contributed by atoms with van der Waals surface area (Å²) in [5.41, 5.74) is 7.04. The molecule has 0 spiro atoms. The predicted octanol–water partition coefficient (Wildman–Crippen LogP) is 2.53. The molecule has 2 rings (SSSR count). The van der Waals surface area contributed by atoms with Crippen molar-refractivity contribution in [2.75, 3.05) is 13.2 Å². The van der Waals surface area contributed by atoms with Crippen LogP contribution < -0.4 is 5.73 Å². The molecule has 2 N–H and O–H groups in total. The summed E-state index contributed by atoms with van der Waals surface area (Å²) in [5, 5.41) is 1.36. The number of aliphatic imine (C=N–C) groups is 1. The highest BCUT2D eigenvalue weighted by Gasteiger charge is 2.22. The van der Waals surface area contributed by atoms with Crippen molar-refractivity contribution < 1.29 is 14.4 Å². The minimum atomic E-state index is -0.212. The van der Waals surface area contributed by atoms with Crippen LogP contribution >= 0.6 is 11.3 Å². The minimum Gasteiger partial charge on any atom is -0.387 e. The van der Waals surface area contributed by atoms with Gasteiger partial charge in [-0.05, 0) is 25.5 Å². The van der Waals surface area contributed by atoms with Crippen LogP contribution in [-0.2, 0) is 9.63 Å². The Morgan fingerprint density at radius 2 is 2.32 bits per heavy atom. The van der Waals surface area contributed by atoms with Crippen molar-refractivity contribution in [1.82, 2.24) is 5.06 Å². The quantitative estimate of drug-likeness (QED) is 0.644. The first-order valence-corrected chi connectivity index (χ1v) is 7.98. The molecule has 0 unspecified atom stereocenters. The molecule has 0 aromatic carbocycles. The highest BCUT2D eigenvalue weighted by atomic mass is 32.1. The average Bonchev–Trinajstić information content (AvgIpc) is 2.80. The predicted molar refractivity (Wildman–Crippen MR) is 87.2 cm³/mol. The van der Waals surface area contributed by atoms with E-state index in [9.17, 15) is 9.59 Å². The van der Waals surface area contributed by atoms with E-state index in [1.54, 1.807) is 12.1 Å². The largest absolute Gasteiger partial charge is 0.387 e. The molecule has 22 heavy (non-hydrogen) atoms. The van der Waals surface area contributed by atoms with E-state index in [4.69, 9.17) is 10.6 Å². The van der Waals surface area contributed by atoms with Crippen LogP contribution in [0.3, 0.4) is 0 Å². The zero-order chi connectivity index (χ0) is 16.1. The van der Waals surface area contributed by atoms with E-state index in [-0.39, 0.29) is 12.3 Å². The van der Waals surface area contributed by atoms with E-state index in [0.717, 1.165) is 17.6 Å². The number of amides is 1. The number of nitrogens with zero attached hydrogens (tertiary/aromatic N) is 2. The van der Waals surface area contributed by atoms with Crippen molar-refractivity contribution in [3.63, 3.8) is 0 Å². The maximum absolute atomic E-state index is 12.6. The molecular weight excluding hydrogens is 302 g/mol. The van der Waals surface area contributed by atoms with Gasteiger partial charge in [0.15, 0.2) is 6.29 Å². The number of hydrogen-bond acceptors (Lipinski definition) is 6. The second kappa shape index (κ2) is 7.33. The molecule has 0 saturated heterocycles. The molecule has 1 aliphatic heterocycles. The summed E-state index contributed by atoms with van der Waals surface area (Å²) >= 11 is 1.29. The third-order valence-electron chi connectivity index (χ3n) is 3.03. The normalized spacial score (nSPS) is 13.7. The van der Waals surface area contributed by atoms with Crippen molar-refractivity contribution >= 4 is 41.1 Å². The Balaban J connectivity index is 2.35. The molecule has 2 heterocycles. The van der Waals surface area contributed by atoms with Crippen LogP contribution in [0.4, 0.5) is 5.69 Å². The van der Waals surface area contributed by atoms with E-state index >= 15 is 0 Å². The monoisotopic (exact) mass is 321 g/mol. The number of fused-ring (bicyclic) bond motifs is 1. The number of rotatable bonds is 6. The molecule has 1 aliphatic rings. The van der Waals surface area contributed by atoms with Gasteiger partial charge in [0.1, 0.15) is 5.84 Å². The molecule has 0 fully saturated rings. The van der Waals surface area contributed by atoms with Gasteiger partial charge in [0.2, 0.25) is 0 Å². The lowest BCUT2D eigenvalue weighted by molar-refractivity contribution is -0.180. The Bertz CT molecular complexity index is 628. The molecule has 7 heteroatoms. The third kappa shape index (κ3) is 3.61. The summed E-state index contributed by atoms with van der Waals surface area (Å²) in [6, 6.07) is 1.68. The number of hydrogen-bond donors (Lipinski definition) is 1. The van der Waals surface area contributed by atoms with Gasteiger partial charge in [-0.25, -0.2) is 10.1 Å². The fourth-order valence-electron chi connectivity index (χ4n) is 2.14. The van der Waals surface area contributed by atoms with Crippen molar-refractivity contribution in [1.29, 1.82) is 0 Å². The van der Waals surface area contributed by atoms with Gasteiger partial charge in [-0.15, -0.1) is 11.3 Å². The maximum Gasteiger partial charge on any atom is 0.273 e. The smallest absolute Gasteiger partial charge is 0.273 e. The Kier molecular flexibility index (Phi) is 5.46. The van der Waals surface area contributed by atoms with Gasteiger partial charge < -0.3 is 5.73 Å². The first-order valence-electron chi connectivity index (χ1n) is 7.16. The number of aldehydes is 1. The zero-order valence-corrected chi connectivity index (χ0v) is 13.5. The third-order valence-corrected chi connectivity index (χ3v) is 4.03. The van der Waals surface area contributed by atoms with E-state index in [0.29, 0.717) is 35.1 Å². The summed E-state index contributed by atoms with van der Waals surface area (Å²) in [7, 11) is 0. The molecule has 0 saturated carbocycles. The number of amidine groups is 1. The van der Waals surface area contributed by atoms with E-state index in [2.05, 4.69) is 4.99 Å². The Hall–Kier alpha value is -1.99. The molecule has 1 aromatic rings. The lowest BCUT2D eigenvalue weighted by atomic mass is 10.1. The first kappa shape index (κ1) is 16.4. The van der Waals surface area contributed by atoms with Gasteiger partial charge >= 0.3 is 0 Å². The van der Waals surface area contributed by atoms with Gasteiger partial charge in [0.05, 0.1) is 22.0 Å². The molecule has 0 atom stereocenters. The lowest BCUT2D eigenvalue weighted by Crippen LogP contribution is -2.34. The van der Waals surface area contributed by atoms with Crippen LogP contribution in [0.5, 0.6) is 0 Å². The number of carbonyl (C=O) groups excluding carboxylic acids is 2. The Labute approximate surface area is 133 Å². The zero-order valence-electron chi connectivity index (χ0n) is 12.7. The molecule has 6 nitrogen and oxygen atoms in total. The second-order valence-electron chi connectivity index (χ2n) is 4.79. The topological polar surface area (TPSA) is 85.0 Å². The van der Waals surface area contributed by atoms with Gasteiger partial charge in [-0.3, -0.25) is 14.4 Å². The molecule has 118 valence electrons. The summed E-state index contributed by atoms with van der Waals surface area (Å²) in [4.78, 5) is 34.5. The second-order valence-corrected chi connectivity index (χ2v) is 5.91. The summed E-state index contributed by atoms with van der Waals surface area (Å²) in [6.45, 7) is 4.74. The van der Waals surface area contributed by atoms with E-state index in [1.807, 2.05) is 13.8 Å². The van der Waals surface area contributed by atoms with Gasteiger partial charge in [0.25, 0.3) is 5.91 Å². The van der Waals surface area contributed by atoms with Gasteiger partial charge in [-0.1, -0.05) is 6.92 Å². The van der Waals surface area contributed by atoms with Gasteiger partial charge in [0, 0.05) is 18.5 Å². The Morgan fingerprint density at radius 1 is 1.55 bits per heavy atom. The Morgan fingerprint density at radius 3 is 2.95 bits per heavy atom.